The lowest BCUT2D eigenvalue weighted by Crippen LogP contribution is -2.49. The molecule has 1 amide bonds. The molecule has 1 aliphatic rings. The molecule has 0 aromatic heterocycles. The standard InChI is InChI=1S/C16H23N3OS/c1-12(13-8-5-4-6-9-13)17-16(21)19-11-7-10-14(19)15(20)18(2)3/h4-6,8-9,12,14H,7,10-11H2,1-3H3,(H,17,21)/t12-,14-/m0/s1. The van der Waals surface area contributed by atoms with Crippen LogP contribution in [-0.2, 0) is 4.79 Å². The third kappa shape index (κ3) is 3.73. The molecule has 0 aliphatic carbocycles. The van der Waals surface area contributed by atoms with Crippen molar-refractivity contribution < 1.29 is 4.79 Å². The number of carbonyl (C=O) groups excluding carboxylic acids is 1. The molecule has 5 heteroatoms. The van der Waals surface area contributed by atoms with Gasteiger partial charge in [0, 0.05) is 20.6 Å². The van der Waals surface area contributed by atoms with Gasteiger partial charge in [-0.15, -0.1) is 0 Å². The molecule has 1 aromatic carbocycles. The normalized spacial score (nSPS) is 19.2. The maximum atomic E-state index is 12.2. The molecule has 1 heterocycles. The van der Waals surface area contributed by atoms with Crippen LogP contribution < -0.4 is 5.32 Å². The summed E-state index contributed by atoms with van der Waals surface area (Å²) in [5, 5.41) is 4.02. The van der Waals surface area contributed by atoms with Gasteiger partial charge in [-0.05, 0) is 37.5 Å². The summed E-state index contributed by atoms with van der Waals surface area (Å²) in [6.07, 6.45) is 1.88. The Hall–Kier alpha value is -1.62. The van der Waals surface area contributed by atoms with Gasteiger partial charge < -0.3 is 15.1 Å². The van der Waals surface area contributed by atoms with E-state index in [0.29, 0.717) is 5.11 Å². The quantitative estimate of drug-likeness (QED) is 0.868. The van der Waals surface area contributed by atoms with Crippen LogP contribution in [0.3, 0.4) is 0 Å². The number of nitrogens with zero attached hydrogens (tertiary/aromatic N) is 2. The zero-order valence-corrected chi connectivity index (χ0v) is 13.7. The summed E-state index contributed by atoms with van der Waals surface area (Å²) in [6.45, 7) is 2.93. The van der Waals surface area contributed by atoms with Crippen molar-refractivity contribution in [3.05, 3.63) is 35.9 Å². The molecule has 2 rings (SSSR count). The van der Waals surface area contributed by atoms with Gasteiger partial charge in [-0.3, -0.25) is 4.79 Å². The largest absolute Gasteiger partial charge is 0.356 e. The summed E-state index contributed by atoms with van der Waals surface area (Å²) in [6, 6.07) is 10.2. The monoisotopic (exact) mass is 305 g/mol. The number of hydrogen-bond acceptors (Lipinski definition) is 2. The van der Waals surface area contributed by atoms with Crippen LogP contribution in [0.25, 0.3) is 0 Å². The summed E-state index contributed by atoms with van der Waals surface area (Å²) in [5.41, 5.74) is 1.19. The Morgan fingerprint density at radius 1 is 1.38 bits per heavy atom. The molecular formula is C16H23N3OS. The minimum absolute atomic E-state index is 0.122. The molecule has 21 heavy (non-hydrogen) atoms. The molecule has 114 valence electrons. The maximum absolute atomic E-state index is 12.2. The maximum Gasteiger partial charge on any atom is 0.244 e. The fourth-order valence-electron chi connectivity index (χ4n) is 2.66. The van der Waals surface area contributed by atoms with Crippen molar-refractivity contribution in [2.75, 3.05) is 20.6 Å². The van der Waals surface area contributed by atoms with E-state index >= 15 is 0 Å². The second-order valence-corrected chi connectivity index (χ2v) is 6.05. The molecule has 0 unspecified atom stereocenters. The Labute approximate surface area is 132 Å². The minimum atomic E-state index is -0.122. The second kappa shape index (κ2) is 6.89. The Balaban J connectivity index is 2.01. The van der Waals surface area contributed by atoms with Crippen LogP contribution in [0, 0.1) is 0 Å². The Kier molecular flexibility index (Phi) is 5.17. The Morgan fingerprint density at radius 2 is 2.05 bits per heavy atom. The van der Waals surface area contributed by atoms with Crippen molar-refractivity contribution in [1.82, 2.24) is 15.1 Å². The van der Waals surface area contributed by atoms with Gasteiger partial charge in [0.25, 0.3) is 0 Å². The number of amides is 1. The molecule has 1 fully saturated rings. The van der Waals surface area contributed by atoms with Crippen LogP contribution in [-0.4, -0.2) is 47.5 Å². The van der Waals surface area contributed by atoms with Crippen molar-refractivity contribution in [2.45, 2.75) is 31.8 Å². The molecule has 1 aliphatic heterocycles. The first-order chi connectivity index (χ1) is 10.0. The van der Waals surface area contributed by atoms with Crippen LogP contribution >= 0.6 is 12.2 Å². The molecule has 1 N–H and O–H groups in total. The SMILES string of the molecule is C[C@H](NC(=S)N1CCC[C@H]1C(=O)N(C)C)c1ccccc1. The number of likely N-dealkylation sites (tertiary alicyclic amines) is 1. The molecule has 0 saturated carbocycles. The van der Waals surface area contributed by atoms with E-state index in [1.165, 1.54) is 5.56 Å². The highest BCUT2D eigenvalue weighted by Crippen LogP contribution is 2.20. The van der Waals surface area contributed by atoms with Gasteiger partial charge in [0.05, 0.1) is 6.04 Å². The van der Waals surface area contributed by atoms with E-state index in [0.717, 1.165) is 19.4 Å². The average molecular weight is 305 g/mol. The number of likely N-dealkylation sites (N-methyl/N-ethyl adjacent to an activating group) is 1. The van der Waals surface area contributed by atoms with Crippen LogP contribution in [0.2, 0.25) is 0 Å². The molecule has 1 saturated heterocycles. The predicted molar refractivity (Wildman–Crippen MR) is 89.0 cm³/mol. The lowest BCUT2D eigenvalue weighted by atomic mass is 10.1. The first kappa shape index (κ1) is 15.8. The van der Waals surface area contributed by atoms with Gasteiger partial charge in [-0.1, -0.05) is 30.3 Å². The highest BCUT2D eigenvalue weighted by Gasteiger charge is 2.33. The van der Waals surface area contributed by atoms with E-state index in [9.17, 15) is 4.79 Å². The Bertz CT molecular complexity index is 504. The third-order valence-electron chi connectivity index (χ3n) is 3.88. The first-order valence-corrected chi connectivity index (χ1v) is 7.74. The number of nitrogens with one attached hydrogen (secondary N) is 1. The molecule has 0 bridgehead atoms. The number of benzene rings is 1. The molecule has 0 spiro atoms. The van der Waals surface area contributed by atoms with Gasteiger partial charge in [0.2, 0.25) is 5.91 Å². The van der Waals surface area contributed by atoms with Gasteiger partial charge in [-0.2, -0.15) is 0 Å². The molecule has 1 aromatic rings. The van der Waals surface area contributed by atoms with E-state index in [1.807, 2.05) is 23.1 Å². The van der Waals surface area contributed by atoms with Gasteiger partial charge >= 0.3 is 0 Å². The lowest BCUT2D eigenvalue weighted by Gasteiger charge is -2.30. The van der Waals surface area contributed by atoms with E-state index in [2.05, 4.69) is 24.4 Å². The molecule has 0 radical (unpaired) electrons. The van der Waals surface area contributed by atoms with Gasteiger partial charge in [0.1, 0.15) is 6.04 Å². The summed E-state index contributed by atoms with van der Waals surface area (Å²) < 4.78 is 0. The highest BCUT2D eigenvalue weighted by atomic mass is 32.1. The van der Waals surface area contributed by atoms with Gasteiger partial charge in [-0.25, -0.2) is 0 Å². The lowest BCUT2D eigenvalue weighted by molar-refractivity contribution is -0.132. The van der Waals surface area contributed by atoms with Crippen molar-refractivity contribution in [3.63, 3.8) is 0 Å². The van der Waals surface area contributed by atoms with E-state index in [1.54, 1.807) is 19.0 Å². The number of hydrogen-bond donors (Lipinski definition) is 1. The topological polar surface area (TPSA) is 35.6 Å². The number of carbonyl (C=O) groups is 1. The second-order valence-electron chi connectivity index (χ2n) is 5.67. The summed E-state index contributed by atoms with van der Waals surface area (Å²) in [4.78, 5) is 15.9. The van der Waals surface area contributed by atoms with Crippen molar-refractivity contribution in [3.8, 4) is 0 Å². The van der Waals surface area contributed by atoms with Crippen LogP contribution in [0.15, 0.2) is 30.3 Å². The van der Waals surface area contributed by atoms with Crippen LogP contribution in [0.4, 0.5) is 0 Å². The van der Waals surface area contributed by atoms with Crippen molar-refractivity contribution in [1.29, 1.82) is 0 Å². The smallest absolute Gasteiger partial charge is 0.244 e. The minimum Gasteiger partial charge on any atom is -0.356 e. The van der Waals surface area contributed by atoms with Gasteiger partial charge in [0.15, 0.2) is 5.11 Å². The summed E-state index contributed by atoms with van der Waals surface area (Å²) in [7, 11) is 3.59. The fraction of sp³-hybridized carbons (Fsp3) is 0.500. The van der Waals surface area contributed by atoms with Crippen LogP contribution in [0.5, 0.6) is 0 Å². The molecule has 4 nitrogen and oxygen atoms in total. The number of thiocarbonyl (C=S) groups is 1. The summed E-state index contributed by atoms with van der Waals surface area (Å²) >= 11 is 5.52. The zero-order chi connectivity index (χ0) is 15.4. The Morgan fingerprint density at radius 3 is 2.67 bits per heavy atom. The van der Waals surface area contributed by atoms with Crippen molar-refractivity contribution >= 4 is 23.2 Å². The average Bonchev–Trinajstić information content (AvgIpc) is 2.96. The van der Waals surface area contributed by atoms with E-state index in [-0.39, 0.29) is 18.0 Å². The zero-order valence-electron chi connectivity index (χ0n) is 12.9. The van der Waals surface area contributed by atoms with Crippen LogP contribution in [0.1, 0.15) is 31.4 Å². The fourth-order valence-corrected chi connectivity index (χ4v) is 3.05. The molecule has 2 atom stereocenters. The van der Waals surface area contributed by atoms with Crippen molar-refractivity contribution in [2.24, 2.45) is 0 Å². The third-order valence-corrected chi connectivity index (χ3v) is 4.23. The highest BCUT2D eigenvalue weighted by molar-refractivity contribution is 7.80. The van der Waals surface area contributed by atoms with E-state index in [4.69, 9.17) is 12.2 Å². The van der Waals surface area contributed by atoms with E-state index < -0.39 is 0 Å². The summed E-state index contributed by atoms with van der Waals surface area (Å²) in [5.74, 6) is 0.129. The molecular weight excluding hydrogens is 282 g/mol. The number of rotatable bonds is 3. The first-order valence-electron chi connectivity index (χ1n) is 7.34. The predicted octanol–water partition coefficient (Wildman–Crippen LogP) is 2.17.